The predicted octanol–water partition coefficient (Wildman–Crippen LogP) is 3.06. The molecule has 0 bridgehead atoms. The van der Waals surface area contributed by atoms with Gasteiger partial charge in [0, 0.05) is 50.0 Å². The highest BCUT2D eigenvalue weighted by Crippen LogP contribution is 2.34. The van der Waals surface area contributed by atoms with Crippen molar-refractivity contribution in [3.8, 4) is 11.1 Å². The third-order valence-electron chi connectivity index (χ3n) is 7.47. The highest BCUT2D eigenvalue weighted by atomic mass is 35.5. The number of anilines is 1. The summed E-state index contributed by atoms with van der Waals surface area (Å²) in [5, 5.41) is 3.46. The van der Waals surface area contributed by atoms with E-state index in [9.17, 15) is 19.2 Å². The number of hydrogen-bond donors (Lipinski definition) is 2. The minimum Gasteiger partial charge on any atom is -0.369 e. The lowest BCUT2D eigenvalue weighted by molar-refractivity contribution is -0.121. The quantitative estimate of drug-likeness (QED) is 0.488. The molecule has 2 aromatic carbocycles. The number of primary amides is 1. The molecule has 3 amide bonds. The van der Waals surface area contributed by atoms with Crippen LogP contribution in [0.25, 0.3) is 11.1 Å². The number of amides is 3. The molecule has 12 heteroatoms. The van der Waals surface area contributed by atoms with Gasteiger partial charge in [-0.15, -0.1) is 0 Å². The largest absolute Gasteiger partial charge is 0.369 e. The predicted molar refractivity (Wildman–Crippen MR) is 150 cm³/mol. The van der Waals surface area contributed by atoms with E-state index in [1.807, 2.05) is 24.3 Å². The zero-order valence-electron chi connectivity index (χ0n) is 21.3. The second kappa shape index (κ2) is 10.9. The minimum absolute atomic E-state index is 0.0858. The molecule has 3 heterocycles. The van der Waals surface area contributed by atoms with Crippen molar-refractivity contribution < 1.29 is 9.59 Å². The number of urea groups is 1. The van der Waals surface area contributed by atoms with Gasteiger partial charge in [0.05, 0.1) is 28.3 Å². The number of halogens is 2. The molecule has 3 aromatic rings. The molecule has 3 N–H and O–H groups in total. The van der Waals surface area contributed by atoms with Crippen molar-refractivity contribution in [2.24, 2.45) is 12.8 Å². The fourth-order valence-corrected chi connectivity index (χ4v) is 5.87. The summed E-state index contributed by atoms with van der Waals surface area (Å²) in [6.45, 7) is 0.830. The number of nitrogens with zero attached hydrogens (tertiary/aromatic N) is 4. The van der Waals surface area contributed by atoms with Gasteiger partial charge in [0.15, 0.2) is 0 Å². The van der Waals surface area contributed by atoms with E-state index in [-0.39, 0.29) is 34.2 Å². The van der Waals surface area contributed by atoms with Gasteiger partial charge in [0.2, 0.25) is 5.91 Å². The molecule has 2 unspecified atom stereocenters. The number of nitrogens with two attached hydrogens (primary N) is 1. The molecule has 2 atom stereocenters. The monoisotopic (exact) mass is 570 g/mol. The number of likely N-dealkylation sites (tertiary alicyclic amines) is 1. The normalized spacial score (nSPS) is 19.8. The van der Waals surface area contributed by atoms with Crippen LogP contribution in [0.3, 0.4) is 0 Å². The van der Waals surface area contributed by atoms with Crippen molar-refractivity contribution in [1.82, 2.24) is 18.9 Å². The van der Waals surface area contributed by atoms with E-state index in [1.54, 1.807) is 28.0 Å². The molecule has 2 aliphatic rings. The Morgan fingerprint density at radius 2 is 1.82 bits per heavy atom. The molecule has 204 valence electrons. The van der Waals surface area contributed by atoms with Gasteiger partial charge in [-0.05, 0) is 30.5 Å². The fraction of sp³-hybridized carbons (Fsp3) is 0.333. The molecule has 1 aromatic heterocycles. The van der Waals surface area contributed by atoms with Crippen molar-refractivity contribution >= 4 is 40.8 Å². The van der Waals surface area contributed by atoms with Crippen molar-refractivity contribution in [1.29, 1.82) is 0 Å². The van der Waals surface area contributed by atoms with E-state index in [4.69, 9.17) is 28.9 Å². The average Bonchev–Trinajstić information content (AvgIpc) is 3.08. The van der Waals surface area contributed by atoms with E-state index >= 15 is 0 Å². The van der Waals surface area contributed by atoms with Crippen molar-refractivity contribution in [3.05, 3.63) is 85.1 Å². The average molecular weight is 571 g/mol. The Balaban J connectivity index is 1.54. The van der Waals surface area contributed by atoms with Crippen LogP contribution in [0.4, 0.5) is 10.5 Å². The maximum Gasteiger partial charge on any atom is 0.332 e. The van der Waals surface area contributed by atoms with E-state index < -0.39 is 23.3 Å². The number of para-hydroxylation sites is 1. The maximum atomic E-state index is 13.4. The van der Waals surface area contributed by atoms with Gasteiger partial charge in [-0.25, -0.2) is 9.59 Å². The SMILES string of the molecule is Cn1c(=O)c(-c2cccc(Cl)c2Cl)cn(C2CC(N3CCc4ccccc4NC3=O)CCN2CC(N)=O)c1=O. The molecule has 10 nitrogen and oxygen atoms in total. The molecular weight excluding hydrogens is 543 g/mol. The van der Waals surface area contributed by atoms with Crippen LogP contribution in [0.1, 0.15) is 24.6 Å². The molecule has 2 aliphatic heterocycles. The number of hydrogen-bond acceptors (Lipinski definition) is 5. The summed E-state index contributed by atoms with van der Waals surface area (Å²) in [6.07, 6.45) is 2.42. The Labute approximate surface area is 234 Å². The first kappa shape index (κ1) is 27.0. The van der Waals surface area contributed by atoms with Crippen molar-refractivity contribution in [3.63, 3.8) is 0 Å². The molecule has 39 heavy (non-hydrogen) atoms. The number of fused-ring (bicyclic) bond motifs is 1. The Morgan fingerprint density at radius 1 is 1.05 bits per heavy atom. The van der Waals surface area contributed by atoms with Gasteiger partial charge in [-0.3, -0.25) is 23.6 Å². The number of nitrogens with one attached hydrogen (secondary N) is 1. The molecule has 1 fully saturated rings. The third kappa shape index (κ3) is 5.19. The Morgan fingerprint density at radius 3 is 2.59 bits per heavy atom. The Bertz CT molecular complexity index is 1570. The van der Waals surface area contributed by atoms with E-state index in [1.165, 1.54) is 17.8 Å². The van der Waals surface area contributed by atoms with Crippen LogP contribution in [0.2, 0.25) is 10.0 Å². The lowest BCUT2D eigenvalue weighted by Crippen LogP contribution is -2.54. The van der Waals surface area contributed by atoms with E-state index in [2.05, 4.69) is 5.32 Å². The first-order valence-corrected chi connectivity index (χ1v) is 13.4. The lowest BCUT2D eigenvalue weighted by atomic mass is 9.99. The number of carbonyl (C=O) groups is 2. The third-order valence-corrected chi connectivity index (χ3v) is 8.29. The number of piperidine rings is 1. The molecule has 0 spiro atoms. The summed E-state index contributed by atoms with van der Waals surface area (Å²) in [5.41, 5.74) is 6.87. The second-order valence-corrected chi connectivity index (χ2v) is 10.6. The number of benzene rings is 2. The smallest absolute Gasteiger partial charge is 0.332 e. The summed E-state index contributed by atoms with van der Waals surface area (Å²) < 4.78 is 2.43. The lowest BCUT2D eigenvalue weighted by Gasteiger charge is -2.43. The van der Waals surface area contributed by atoms with E-state index in [0.29, 0.717) is 37.9 Å². The standard InChI is InChI=1S/C27H28Cl2N6O4/c1-32-25(37)19(18-6-4-7-20(28)24(18)29)14-35(27(32)39)23-13-17(10-11-33(23)15-22(30)36)34-12-9-16-5-2-3-8-21(16)31-26(34)38/h2-8,14,17,23H,9-13,15H2,1H3,(H2,30,36)(H,31,38). The van der Waals surface area contributed by atoms with Crippen LogP contribution in [-0.4, -0.2) is 56.5 Å². The van der Waals surface area contributed by atoms with Crippen LogP contribution in [0.15, 0.2) is 58.3 Å². The highest BCUT2D eigenvalue weighted by molar-refractivity contribution is 6.43. The van der Waals surface area contributed by atoms with Gasteiger partial charge >= 0.3 is 11.7 Å². The molecule has 0 aliphatic carbocycles. The molecule has 1 saturated heterocycles. The van der Waals surface area contributed by atoms with Crippen LogP contribution in [0.5, 0.6) is 0 Å². The Kier molecular flexibility index (Phi) is 7.53. The van der Waals surface area contributed by atoms with Gasteiger partial charge in [0.25, 0.3) is 5.56 Å². The van der Waals surface area contributed by atoms with Gasteiger partial charge in [-0.2, -0.15) is 0 Å². The van der Waals surface area contributed by atoms with Crippen molar-refractivity contribution in [2.75, 3.05) is 25.0 Å². The van der Waals surface area contributed by atoms with Crippen LogP contribution in [0, 0.1) is 0 Å². The molecular formula is C27H28Cl2N6O4. The summed E-state index contributed by atoms with van der Waals surface area (Å²) in [5.74, 6) is -0.544. The molecule has 0 radical (unpaired) electrons. The van der Waals surface area contributed by atoms with Crippen LogP contribution < -0.4 is 22.3 Å². The van der Waals surface area contributed by atoms with Crippen LogP contribution in [-0.2, 0) is 18.3 Å². The number of carbonyl (C=O) groups excluding carboxylic acids is 2. The van der Waals surface area contributed by atoms with Gasteiger partial charge < -0.3 is 16.0 Å². The summed E-state index contributed by atoms with van der Waals surface area (Å²) >= 11 is 12.6. The zero-order chi connectivity index (χ0) is 27.8. The van der Waals surface area contributed by atoms with Gasteiger partial charge in [-0.1, -0.05) is 53.5 Å². The number of aromatic nitrogens is 2. The second-order valence-electron chi connectivity index (χ2n) is 9.82. The zero-order valence-corrected chi connectivity index (χ0v) is 22.8. The fourth-order valence-electron chi connectivity index (χ4n) is 5.47. The summed E-state index contributed by atoms with van der Waals surface area (Å²) in [6, 6.07) is 12.2. The summed E-state index contributed by atoms with van der Waals surface area (Å²) in [4.78, 5) is 55.4. The van der Waals surface area contributed by atoms with E-state index in [0.717, 1.165) is 15.8 Å². The highest BCUT2D eigenvalue weighted by Gasteiger charge is 2.37. The topological polar surface area (TPSA) is 123 Å². The summed E-state index contributed by atoms with van der Waals surface area (Å²) in [7, 11) is 1.39. The van der Waals surface area contributed by atoms with Gasteiger partial charge in [0.1, 0.15) is 0 Å². The minimum atomic E-state index is -0.648. The molecule has 5 rings (SSSR count). The first-order valence-electron chi connectivity index (χ1n) is 12.6. The molecule has 0 saturated carbocycles. The first-order chi connectivity index (χ1) is 18.7. The number of rotatable bonds is 5. The van der Waals surface area contributed by atoms with Crippen molar-refractivity contribution in [2.45, 2.75) is 31.5 Å². The maximum absolute atomic E-state index is 13.4. The Hall–Kier alpha value is -3.60. The van der Waals surface area contributed by atoms with Crippen LogP contribution >= 0.6 is 23.2 Å².